The number of hydrogen-bond donors (Lipinski definition) is 0. The van der Waals surface area contributed by atoms with Gasteiger partial charge in [-0.2, -0.15) is 0 Å². The van der Waals surface area contributed by atoms with Crippen molar-refractivity contribution in [1.29, 1.82) is 0 Å². The van der Waals surface area contributed by atoms with Crippen LogP contribution in [-0.2, 0) is 4.74 Å². The molecule has 0 radical (unpaired) electrons. The number of ether oxygens (including phenoxy) is 1. The summed E-state index contributed by atoms with van der Waals surface area (Å²) in [5.41, 5.74) is 0. The molecular formula is C8H10O. The molecule has 1 heterocycles. The Labute approximate surface area is 55.3 Å². The average Bonchev–Trinajstić information content (AvgIpc) is 2.34. The second-order valence-electron chi connectivity index (χ2n) is 1.92. The summed E-state index contributed by atoms with van der Waals surface area (Å²) in [6.07, 6.45) is 7.65. The van der Waals surface area contributed by atoms with Gasteiger partial charge in [-0.25, -0.2) is 0 Å². The van der Waals surface area contributed by atoms with Crippen LogP contribution < -0.4 is 0 Å². The minimum absolute atomic E-state index is 0.0907. The van der Waals surface area contributed by atoms with Crippen molar-refractivity contribution in [2.24, 2.45) is 0 Å². The zero-order valence-electron chi connectivity index (χ0n) is 5.29. The molecule has 0 aromatic heterocycles. The Morgan fingerprint density at radius 2 is 1.56 bits per heavy atom. The van der Waals surface area contributed by atoms with Crippen LogP contribution in [0.2, 0.25) is 0 Å². The van der Waals surface area contributed by atoms with Gasteiger partial charge in [-0.05, 0) is 0 Å². The summed E-state index contributed by atoms with van der Waals surface area (Å²) < 4.78 is 5.31. The smallest absolute Gasteiger partial charge is 0.0948 e. The van der Waals surface area contributed by atoms with Crippen LogP contribution in [0, 0.1) is 0 Å². The molecule has 2 atom stereocenters. The van der Waals surface area contributed by atoms with E-state index in [2.05, 4.69) is 13.2 Å². The lowest BCUT2D eigenvalue weighted by atomic mass is 10.3. The van der Waals surface area contributed by atoms with E-state index in [-0.39, 0.29) is 12.2 Å². The van der Waals surface area contributed by atoms with Crippen LogP contribution in [0.25, 0.3) is 0 Å². The molecule has 0 saturated carbocycles. The fraction of sp³-hybridized carbons (Fsp3) is 0.250. The molecule has 9 heavy (non-hydrogen) atoms. The highest BCUT2D eigenvalue weighted by Crippen LogP contribution is 2.11. The molecule has 0 bridgehead atoms. The topological polar surface area (TPSA) is 9.23 Å². The van der Waals surface area contributed by atoms with Gasteiger partial charge in [0.25, 0.3) is 0 Å². The summed E-state index contributed by atoms with van der Waals surface area (Å²) in [4.78, 5) is 0. The van der Waals surface area contributed by atoms with E-state index in [9.17, 15) is 0 Å². The summed E-state index contributed by atoms with van der Waals surface area (Å²) in [7, 11) is 0. The molecule has 0 fully saturated rings. The van der Waals surface area contributed by atoms with E-state index in [0.717, 1.165) is 0 Å². The average molecular weight is 122 g/mol. The lowest BCUT2D eigenvalue weighted by Crippen LogP contribution is -2.06. The van der Waals surface area contributed by atoms with Crippen LogP contribution in [-0.4, -0.2) is 12.2 Å². The molecule has 0 N–H and O–H groups in total. The van der Waals surface area contributed by atoms with Gasteiger partial charge in [0.15, 0.2) is 0 Å². The van der Waals surface area contributed by atoms with Crippen LogP contribution in [0.1, 0.15) is 0 Å². The second-order valence-corrected chi connectivity index (χ2v) is 1.92. The molecule has 0 aromatic rings. The molecule has 0 aliphatic carbocycles. The molecule has 1 aliphatic rings. The first kappa shape index (κ1) is 6.30. The van der Waals surface area contributed by atoms with Crippen LogP contribution in [0.3, 0.4) is 0 Å². The zero-order valence-corrected chi connectivity index (χ0v) is 5.29. The van der Waals surface area contributed by atoms with Crippen molar-refractivity contribution < 1.29 is 4.74 Å². The molecule has 0 amide bonds. The van der Waals surface area contributed by atoms with Crippen molar-refractivity contribution in [3.63, 3.8) is 0 Å². The largest absolute Gasteiger partial charge is 0.359 e. The van der Waals surface area contributed by atoms with E-state index in [1.165, 1.54) is 0 Å². The second kappa shape index (κ2) is 2.65. The van der Waals surface area contributed by atoms with Crippen LogP contribution >= 0.6 is 0 Å². The Kier molecular flexibility index (Phi) is 1.85. The van der Waals surface area contributed by atoms with Crippen molar-refractivity contribution in [3.8, 4) is 0 Å². The number of hydrogen-bond acceptors (Lipinski definition) is 1. The highest BCUT2D eigenvalue weighted by Gasteiger charge is 2.11. The maximum Gasteiger partial charge on any atom is 0.0948 e. The van der Waals surface area contributed by atoms with Gasteiger partial charge in [-0.1, -0.05) is 24.3 Å². The predicted octanol–water partition coefficient (Wildman–Crippen LogP) is 1.68. The number of rotatable bonds is 2. The molecule has 1 aliphatic heterocycles. The lowest BCUT2D eigenvalue weighted by Gasteiger charge is -2.04. The first-order chi connectivity index (χ1) is 4.36. The van der Waals surface area contributed by atoms with Crippen LogP contribution in [0.15, 0.2) is 37.5 Å². The van der Waals surface area contributed by atoms with Gasteiger partial charge in [-0.3, -0.25) is 0 Å². The van der Waals surface area contributed by atoms with E-state index in [0.29, 0.717) is 0 Å². The van der Waals surface area contributed by atoms with Crippen LogP contribution in [0.4, 0.5) is 0 Å². The van der Waals surface area contributed by atoms with Gasteiger partial charge < -0.3 is 4.74 Å². The van der Waals surface area contributed by atoms with Gasteiger partial charge >= 0.3 is 0 Å². The molecular weight excluding hydrogens is 112 g/mol. The minimum atomic E-state index is 0.0907. The van der Waals surface area contributed by atoms with Crippen molar-refractivity contribution >= 4 is 0 Å². The summed E-state index contributed by atoms with van der Waals surface area (Å²) in [5, 5.41) is 0. The Morgan fingerprint density at radius 3 is 1.78 bits per heavy atom. The Bertz CT molecular complexity index is 131. The van der Waals surface area contributed by atoms with Gasteiger partial charge in [0, 0.05) is 0 Å². The monoisotopic (exact) mass is 122 g/mol. The van der Waals surface area contributed by atoms with Gasteiger partial charge in [0.1, 0.15) is 0 Å². The minimum Gasteiger partial charge on any atom is -0.359 e. The highest BCUT2D eigenvalue weighted by molar-refractivity contribution is 5.12. The Morgan fingerprint density at radius 1 is 1.11 bits per heavy atom. The molecule has 1 rings (SSSR count). The van der Waals surface area contributed by atoms with Crippen molar-refractivity contribution in [3.05, 3.63) is 37.5 Å². The predicted molar refractivity (Wildman–Crippen MR) is 38.2 cm³/mol. The molecule has 0 spiro atoms. The SMILES string of the molecule is C=CC1C=CC(C=C)O1. The van der Waals surface area contributed by atoms with Crippen LogP contribution in [0.5, 0.6) is 0 Å². The molecule has 1 nitrogen and oxygen atoms in total. The first-order valence-corrected chi connectivity index (χ1v) is 2.95. The van der Waals surface area contributed by atoms with E-state index < -0.39 is 0 Å². The van der Waals surface area contributed by atoms with Crippen molar-refractivity contribution in [2.45, 2.75) is 12.2 Å². The van der Waals surface area contributed by atoms with E-state index >= 15 is 0 Å². The third kappa shape index (κ3) is 1.30. The molecule has 0 aromatic carbocycles. The van der Waals surface area contributed by atoms with Gasteiger partial charge in [0.2, 0.25) is 0 Å². The fourth-order valence-electron chi connectivity index (χ4n) is 0.759. The quantitative estimate of drug-likeness (QED) is 0.506. The third-order valence-corrected chi connectivity index (χ3v) is 1.27. The van der Waals surface area contributed by atoms with Gasteiger partial charge in [0.05, 0.1) is 12.2 Å². The maximum atomic E-state index is 5.31. The lowest BCUT2D eigenvalue weighted by molar-refractivity contribution is 0.117. The maximum absolute atomic E-state index is 5.31. The molecule has 1 heteroatoms. The zero-order chi connectivity index (χ0) is 6.69. The third-order valence-electron chi connectivity index (χ3n) is 1.27. The van der Waals surface area contributed by atoms with E-state index in [1.807, 2.05) is 12.2 Å². The Balaban J connectivity index is 2.48. The summed E-state index contributed by atoms with van der Waals surface area (Å²) in [6.45, 7) is 7.20. The summed E-state index contributed by atoms with van der Waals surface area (Å²) in [5.74, 6) is 0. The van der Waals surface area contributed by atoms with Crippen molar-refractivity contribution in [2.75, 3.05) is 0 Å². The van der Waals surface area contributed by atoms with E-state index in [1.54, 1.807) is 12.2 Å². The van der Waals surface area contributed by atoms with E-state index in [4.69, 9.17) is 4.74 Å². The van der Waals surface area contributed by atoms with Crippen molar-refractivity contribution in [1.82, 2.24) is 0 Å². The summed E-state index contributed by atoms with van der Waals surface area (Å²) in [6, 6.07) is 0. The molecule has 2 unspecified atom stereocenters. The normalized spacial score (nSPS) is 32.4. The fourth-order valence-corrected chi connectivity index (χ4v) is 0.759. The highest BCUT2D eigenvalue weighted by atomic mass is 16.5. The standard InChI is InChI=1S/C8H10O/c1-3-7-5-6-8(4-2)9-7/h3-8H,1-2H2. The Hall–Kier alpha value is -0.820. The molecule has 48 valence electrons. The summed E-state index contributed by atoms with van der Waals surface area (Å²) >= 11 is 0. The molecule has 0 saturated heterocycles. The first-order valence-electron chi connectivity index (χ1n) is 2.95. The van der Waals surface area contributed by atoms with Gasteiger partial charge in [-0.15, -0.1) is 13.2 Å².